The van der Waals surface area contributed by atoms with Gasteiger partial charge >= 0.3 is 5.63 Å². The summed E-state index contributed by atoms with van der Waals surface area (Å²) >= 11 is 0. The molecule has 2 N–H and O–H groups in total. The van der Waals surface area contributed by atoms with Gasteiger partial charge in [0.25, 0.3) is 5.91 Å². The minimum Gasteiger partial charge on any atom is -0.427 e. The molecule has 0 aromatic carbocycles. The fourth-order valence-electron chi connectivity index (χ4n) is 4.77. The van der Waals surface area contributed by atoms with Gasteiger partial charge in [-0.1, -0.05) is 0 Å². The predicted octanol–water partition coefficient (Wildman–Crippen LogP) is 2.88. The van der Waals surface area contributed by atoms with Crippen LogP contribution in [0.25, 0.3) is 0 Å². The largest absolute Gasteiger partial charge is 0.427 e. The van der Waals surface area contributed by atoms with E-state index in [-0.39, 0.29) is 34.5 Å². The van der Waals surface area contributed by atoms with E-state index < -0.39 is 5.63 Å². The van der Waals surface area contributed by atoms with Crippen molar-refractivity contribution in [2.24, 2.45) is 0 Å². The number of nitrogens with one attached hydrogen (secondary N) is 2. The van der Waals surface area contributed by atoms with Crippen molar-refractivity contribution in [1.29, 1.82) is 0 Å². The third-order valence-electron chi connectivity index (χ3n) is 5.54. The molecule has 0 saturated carbocycles. The summed E-state index contributed by atoms with van der Waals surface area (Å²) in [6.45, 7) is 11.7. The second kappa shape index (κ2) is 7.40. The zero-order chi connectivity index (χ0) is 19.8. The molecular formula is C21H32N2O4. The SMILES string of the molecule is Cc1cc(C2CCOCC2)oc(=O)c1C(=O)NC1CC(C)(C)NC(C)(C)C1. The van der Waals surface area contributed by atoms with Crippen LogP contribution in [-0.2, 0) is 4.74 Å². The van der Waals surface area contributed by atoms with Gasteiger partial charge in [-0.2, -0.15) is 0 Å². The first-order valence-electron chi connectivity index (χ1n) is 9.89. The van der Waals surface area contributed by atoms with Crippen molar-refractivity contribution in [3.8, 4) is 0 Å². The smallest absolute Gasteiger partial charge is 0.349 e. The molecule has 150 valence electrons. The molecule has 0 aliphatic carbocycles. The monoisotopic (exact) mass is 376 g/mol. The zero-order valence-corrected chi connectivity index (χ0v) is 17.1. The fourth-order valence-corrected chi connectivity index (χ4v) is 4.77. The lowest BCUT2D eigenvalue weighted by atomic mass is 9.79. The average Bonchev–Trinajstić information content (AvgIpc) is 2.51. The first-order valence-corrected chi connectivity index (χ1v) is 9.89. The summed E-state index contributed by atoms with van der Waals surface area (Å²) < 4.78 is 10.9. The molecule has 2 aliphatic heterocycles. The molecule has 0 atom stereocenters. The number of ether oxygens (including phenoxy) is 1. The lowest BCUT2D eigenvalue weighted by Crippen LogP contribution is -2.62. The van der Waals surface area contributed by atoms with E-state index in [1.807, 2.05) is 13.0 Å². The molecule has 6 nitrogen and oxygen atoms in total. The van der Waals surface area contributed by atoms with E-state index in [1.54, 1.807) is 0 Å². The molecule has 6 heteroatoms. The van der Waals surface area contributed by atoms with Gasteiger partial charge in [-0.15, -0.1) is 0 Å². The van der Waals surface area contributed by atoms with Gasteiger partial charge in [0.15, 0.2) is 0 Å². The number of piperidine rings is 1. The van der Waals surface area contributed by atoms with E-state index in [9.17, 15) is 9.59 Å². The zero-order valence-electron chi connectivity index (χ0n) is 17.1. The molecule has 2 saturated heterocycles. The maximum atomic E-state index is 12.9. The van der Waals surface area contributed by atoms with Gasteiger partial charge in [0.1, 0.15) is 11.3 Å². The Morgan fingerprint density at radius 1 is 1.15 bits per heavy atom. The van der Waals surface area contributed by atoms with E-state index in [1.165, 1.54) is 0 Å². The Morgan fingerprint density at radius 2 is 1.74 bits per heavy atom. The number of hydrogen-bond acceptors (Lipinski definition) is 5. The van der Waals surface area contributed by atoms with Crippen molar-refractivity contribution in [2.75, 3.05) is 13.2 Å². The van der Waals surface area contributed by atoms with Crippen LogP contribution in [-0.4, -0.2) is 36.2 Å². The summed E-state index contributed by atoms with van der Waals surface area (Å²) in [7, 11) is 0. The summed E-state index contributed by atoms with van der Waals surface area (Å²) in [5.74, 6) is 0.521. The van der Waals surface area contributed by atoms with Gasteiger partial charge in [-0.25, -0.2) is 4.79 Å². The number of aryl methyl sites for hydroxylation is 1. The highest BCUT2D eigenvalue weighted by molar-refractivity contribution is 5.95. The molecule has 27 heavy (non-hydrogen) atoms. The van der Waals surface area contributed by atoms with E-state index in [4.69, 9.17) is 9.15 Å². The number of hydrogen-bond donors (Lipinski definition) is 2. The molecule has 1 aromatic heterocycles. The molecule has 2 fully saturated rings. The van der Waals surface area contributed by atoms with Crippen LogP contribution in [0.2, 0.25) is 0 Å². The Balaban J connectivity index is 1.77. The van der Waals surface area contributed by atoms with Gasteiger partial charge in [-0.3, -0.25) is 4.79 Å². The highest BCUT2D eigenvalue weighted by Gasteiger charge is 2.38. The Kier molecular flexibility index (Phi) is 5.50. The average molecular weight is 376 g/mol. The predicted molar refractivity (Wildman–Crippen MR) is 104 cm³/mol. The minimum atomic E-state index is -0.540. The van der Waals surface area contributed by atoms with E-state index in [0.717, 1.165) is 25.7 Å². The summed E-state index contributed by atoms with van der Waals surface area (Å²) in [6.07, 6.45) is 3.31. The van der Waals surface area contributed by atoms with Crippen LogP contribution in [0.3, 0.4) is 0 Å². The van der Waals surface area contributed by atoms with Gasteiger partial charge in [-0.05, 0) is 71.9 Å². The third kappa shape index (κ3) is 4.79. The van der Waals surface area contributed by atoms with Gasteiger partial charge in [0.2, 0.25) is 0 Å². The summed E-state index contributed by atoms with van der Waals surface area (Å²) in [6, 6.07) is 1.86. The number of carbonyl (C=O) groups excluding carboxylic acids is 1. The Morgan fingerprint density at radius 3 is 2.30 bits per heavy atom. The third-order valence-corrected chi connectivity index (χ3v) is 5.54. The highest BCUT2D eigenvalue weighted by atomic mass is 16.5. The molecule has 0 spiro atoms. The summed E-state index contributed by atoms with van der Waals surface area (Å²) in [4.78, 5) is 25.4. The maximum Gasteiger partial charge on any atom is 0.349 e. The molecule has 2 aliphatic rings. The van der Waals surface area contributed by atoms with Crippen LogP contribution in [0, 0.1) is 6.92 Å². The van der Waals surface area contributed by atoms with E-state index >= 15 is 0 Å². The Hall–Kier alpha value is -1.66. The molecular weight excluding hydrogens is 344 g/mol. The standard InChI is InChI=1S/C21H32N2O4/c1-13-10-16(14-6-8-26-9-7-14)27-19(25)17(13)18(24)22-15-11-20(2,3)23-21(4,5)12-15/h10,14-15,23H,6-9,11-12H2,1-5H3,(H,22,24). The number of amides is 1. The number of carbonyl (C=O) groups is 1. The topological polar surface area (TPSA) is 80.6 Å². The first-order chi connectivity index (χ1) is 12.6. The summed E-state index contributed by atoms with van der Waals surface area (Å²) in [5, 5.41) is 6.67. The lowest BCUT2D eigenvalue weighted by molar-refractivity contribution is 0.0792. The second-order valence-corrected chi connectivity index (χ2v) is 9.35. The molecule has 3 heterocycles. The van der Waals surface area contributed by atoms with Crippen LogP contribution in [0.5, 0.6) is 0 Å². The molecule has 0 bridgehead atoms. The van der Waals surface area contributed by atoms with Crippen molar-refractivity contribution in [2.45, 2.75) is 83.3 Å². The van der Waals surface area contributed by atoms with Crippen LogP contribution in [0.15, 0.2) is 15.3 Å². The van der Waals surface area contributed by atoms with E-state index in [2.05, 4.69) is 38.3 Å². The molecule has 1 amide bonds. The van der Waals surface area contributed by atoms with Gasteiger partial charge < -0.3 is 19.8 Å². The molecule has 1 aromatic rings. The maximum absolute atomic E-state index is 12.9. The number of rotatable bonds is 3. The van der Waals surface area contributed by atoms with Crippen molar-refractivity contribution in [3.05, 3.63) is 33.4 Å². The van der Waals surface area contributed by atoms with Crippen molar-refractivity contribution < 1.29 is 13.9 Å². The molecule has 3 rings (SSSR count). The highest BCUT2D eigenvalue weighted by Crippen LogP contribution is 2.29. The Labute approximate surface area is 161 Å². The normalized spacial score (nSPS) is 23.1. The van der Waals surface area contributed by atoms with Crippen molar-refractivity contribution in [3.63, 3.8) is 0 Å². The van der Waals surface area contributed by atoms with Gasteiger partial charge in [0.05, 0.1) is 0 Å². The second-order valence-electron chi connectivity index (χ2n) is 9.35. The molecule has 0 radical (unpaired) electrons. The van der Waals surface area contributed by atoms with Crippen LogP contribution in [0.4, 0.5) is 0 Å². The summed E-state index contributed by atoms with van der Waals surface area (Å²) in [5.41, 5.74) is 0.109. The fraction of sp³-hybridized carbons (Fsp3) is 0.714. The Bertz CT molecular complexity index is 744. The quantitative estimate of drug-likeness (QED) is 0.848. The molecule has 0 unspecified atom stereocenters. The lowest BCUT2D eigenvalue weighted by Gasteiger charge is -2.46. The van der Waals surface area contributed by atoms with Crippen LogP contribution < -0.4 is 16.3 Å². The van der Waals surface area contributed by atoms with Crippen LogP contribution in [0.1, 0.15) is 81.0 Å². The van der Waals surface area contributed by atoms with E-state index in [0.29, 0.717) is 24.5 Å². The van der Waals surface area contributed by atoms with Crippen molar-refractivity contribution in [1.82, 2.24) is 10.6 Å². The van der Waals surface area contributed by atoms with Crippen LogP contribution >= 0.6 is 0 Å². The van der Waals surface area contributed by atoms with Gasteiger partial charge in [0, 0.05) is 36.3 Å². The first kappa shape index (κ1) is 20.1. The van der Waals surface area contributed by atoms with Crippen molar-refractivity contribution >= 4 is 5.91 Å². The minimum absolute atomic E-state index is 0.0118.